The van der Waals surface area contributed by atoms with E-state index in [1.165, 1.54) is 33.8 Å². The fourth-order valence-corrected chi connectivity index (χ4v) is 8.56. The molecule has 2 heterocycles. The molecule has 1 amide bonds. The Labute approximate surface area is 295 Å². The van der Waals surface area contributed by atoms with E-state index in [0.29, 0.717) is 51.1 Å². The summed E-state index contributed by atoms with van der Waals surface area (Å²) < 4.78 is 16.4. The van der Waals surface area contributed by atoms with Crippen molar-refractivity contribution in [1.82, 2.24) is 9.97 Å². The van der Waals surface area contributed by atoms with Crippen LogP contribution in [0, 0.1) is 12.8 Å². The minimum Gasteiger partial charge on any atom is -0.493 e. The van der Waals surface area contributed by atoms with Crippen LogP contribution < -0.4 is 30.6 Å². The summed E-state index contributed by atoms with van der Waals surface area (Å²) in [5, 5.41) is 9.78. The van der Waals surface area contributed by atoms with Crippen molar-refractivity contribution in [1.29, 1.82) is 0 Å². The molecule has 49 heavy (non-hydrogen) atoms. The summed E-state index contributed by atoms with van der Waals surface area (Å²) in [7, 11) is 4.71. The van der Waals surface area contributed by atoms with Gasteiger partial charge in [-0.3, -0.25) is 4.79 Å². The van der Waals surface area contributed by atoms with Crippen LogP contribution in [0.3, 0.4) is 0 Å². The Hall–Kier alpha value is -4.61. The van der Waals surface area contributed by atoms with Gasteiger partial charge in [-0.05, 0) is 65.0 Å². The summed E-state index contributed by atoms with van der Waals surface area (Å²) >= 11 is 2.89. The Morgan fingerprint density at radius 3 is 2.33 bits per heavy atom. The number of thiazole rings is 2. The Kier molecular flexibility index (Phi) is 9.10. The second-order valence-corrected chi connectivity index (χ2v) is 15.6. The molecule has 0 aliphatic heterocycles. The van der Waals surface area contributed by atoms with Crippen LogP contribution in [0.2, 0.25) is 0 Å². The number of carbonyl (C=O) groups excluding carboxylic acids is 1. The standard InChI is InChI=1S/C38H43N5O4S2/c1-20-13-27-26(37(3,4)18-21(2)38(27,5)6)17-25(20)34(44)40-23-12-10-11-22(14-23)28-19-48-35(42-28)32-33(39)43-36(49-32)41-24-15-29(45-7)31(47-9)30(16-24)46-8/h10-17,19,21H,18,39H2,1-9H3,(H,40,44)(H,41,43). The first kappa shape index (κ1) is 34.3. The lowest BCUT2D eigenvalue weighted by molar-refractivity contribution is 0.102. The predicted molar refractivity (Wildman–Crippen MR) is 201 cm³/mol. The highest BCUT2D eigenvalue weighted by Crippen LogP contribution is 2.50. The molecular formula is C38H43N5O4S2. The molecule has 0 spiro atoms. The van der Waals surface area contributed by atoms with Crippen molar-refractivity contribution in [2.45, 2.75) is 58.8 Å². The number of amides is 1. The smallest absolute Gasteiger partial charge is 0.255 e. The highest BCUT2D eigenvalue weighted by molar-refractivity contribution is 7.23. The summed E-state index contributed by atoms with van der Waals surface area (Å²) in [6, 6.07) is 15.7. The molecule has 0 saturated heterocycles. The van der Waals surface area contributed by atoms with Gasteiger partial charge in [0.25, 0.3) is 5.91 Å². The molecule has 1 aliphatic carbocycles. The number of nitrogens with two attached hydrogens (primary N) is 1. The Bertz CT molecular complexity index is 2020. The average Bonchev–Trinajstić information content (AvgIpc) is 3.69. The van der Waals surface area contributed by atoms with E-state index in [-0.39, 0.29) is 16.7 Å². The number of hydrogen-bond donors (Lipinski definition) is 3. The van der Waals surface area contributed by atoms with Crippen molar-refractivity contribution >= 4 is 50.9 Å². The van der Waals surface area contributed by atoms with Crippen LogP contribution in [0.15, 0.2) is 53.9 Å². The molecule has 5 aromatic rings. The van der Waals surface area contributed by atoms with Gasteiger partial charge in [-0.1, -0.05) is 64.2 Å². The van der Waals surface area contributed by atoms with Crippen molar-refractivity contribution < 1.29 is 19.0 Å². The number of aryl methyl sites for hydroxylation is 1. The number of nitrogens with zero attached hydrogens (tertiary/aromatic N) is 2. The molecule has 1 unspecified atom stereocenters. The van der Waals surface area contributed by atoms with Crippen LogP contribution in [-0.4, -0.2) is 37.2 Å². The molecule has 0 bridgehead atoms. The summed E-state index contributed by atoms with van der Waals surface area (Å²) in [5.41, 5.74) is 13.8. The molecule has 4 N–H and O–H groups in total. The number of ether oxygens (including phenoxy) is 3. The van der Waals surface area contributed by atoms with E-state index >= 15 is 0 Å². The molecule has 0 saturated carbocycles. The summed E-state index contributed by atoms with van der Waals surface area (Å²) in [6.07, 6.45) is 1.08. The van der Waals surface area contributed by atoms with Gasteiger partial charge < -0.3 is 30.6 Å². The van der Waals surface area contributed by atoms with Crippen LogP contribution in [0.4, 0.5) is 22.3 Å². The maximum absolute atomic E-state index is 13.7. The minimum absolute atomic E-state index is 0.00960. The average molecular weight is 698 g/mol. The van der Waals surface area contributed by atoms with Gasteiger partial charge in [0.1, 0.15) is 15.7 Å². The first-order chi connectivity index (χ1) is 23.2. The molecule has 1 aliphatic rings. The highest BCUT2D eigenvalue weighted by atomic mass is 32.1. The predicted octanol–water partition coefficient (Wildman–Crippen LogP) is 9.44. The van der Waals surface area contributed by atoms with Gasteiger partial charge in [0, 0.05) is 40.0 Å². The number of nitrogens with one attached hydrogen (secondary N) is 2. The SMILES string of the molecule is COc1cc(Nc2nc(N)c(-c3nc(-c4cccc(NC(=O)c5cc6c(cc5C)C(C)(C)C(C)CC6(C)C)c4)cs3)s2)cc(OC)c1OC. The third-order valence-electron chi connectivity index (χ3n) is 9.76. The van der Waals surface area contributed by atoms with E-state index in [0.717, 1.165) is 33.1 Å². The zero-order chi connectivity index (χ0) is 35.2. The van der Waals surface area contributed by atoms with E-state index in [2.05, 4.69) is 62.4 Å². The largest absolute Gasteiger partial charge is 0.493 e. The third kappa shape index (κ3) is 6.45. The Morgan fingerprint density at radius 2 is 1.65 bits per heavy atom. The fourth-order valence-electron chi connectivity index (χ4n) is 6.72. The normalized spacial score (nSPS) is 16.1. The molecule has 6 rings (SSSR count). The molecule has 1 atom stereocenters. The van der Waals surface area contributed by atoms with E-state index in [1.807, 2.05) is 36.6 Å². The minimum atomic E-state index is -0.117. The topological polar surface area (TPSA) is 121 Å². The summed E-state index contributed by atoms with van der Waals surface area (Å²) in [5.74, 6) is 2.36. The van der Waals surface area contributed by atoms with Gasteiger partial charge in [-0.15, -0.1) is 11.3 Å². The molecule has 3 aromatic carbocycles. The van der Waals surface area contributed by atoms with Crippen LogP contribution in [0.1, 0.15) is 68.1 Å². The molecular weight excluding hydrogens is 655 g/mol. The van der Waals surface area contributed by atoms with Gasteiger partial charge in [0.05, 0.1) is 27.0 Å². The summed E-state index contributed by atoms with van der Waals surface area (Å²) in [4.78, 5) is 23.9. The number of benzene rings is 3. The lowest BCUT2D eigenvalue weighted by Gasteiger charge is -2.47. The van der Waals surface area contributed by atoms with Gasteiger partial charge >= 0.3 is 0 Å². The van der Waals surface area contributed by atoms with Crippen molar-refractivity contribution in [2.75, 3.05) is 37.7 Å². The number of nitrogen functional groups attached to an aromatic ring is 1. The number of fused-ring (bicyclic) bond motifs is 1. The number of methoxy groups -OCH3 is 3. The Morgan fingerprint density at radius 1 is 0.939 bits per heavy atom. The second-order valence-electron chi connectivity index (χ2n) is 13.8. The zero-order valence-corrected chi connectivity index (χ0v) is 31.0. The third-order valence-corrected chi connectivity index (χ3v) is 11.7. The van der Waals surface area contributed by atoms with Crippen LogP contribution >= 0.6 is 22.7 Å². The molecule has 256 valence electrons. The van der Waals surface area contributed by atoms with Crippen LogP contribution in [0.25, 0.3) is 21.1 Å². The van der Waals surface area contributed by atoms with Crippen LogP contribution in [0.5, 0.6) is 17.2 Å². The second kappa shape index (κ2) is 13.0. The lowest BCUT2D eigenvalue weighted by Crippen LogP contribution is -2.40. The van der Waals surface area contributed by atoms with E-state index in [9.17, 15) is 4.79 Å². The summed E-state index contributed by atoms with van der Waals surface area (Å²) in [6.45, 7) is 13.6. The Balaban J connectivity index is 1.21. The number of carbonyl (C=O) groups is 1. The highest BCUT2D eigenvalue weighted by Gasteiger charge is 2.42. The molecule has 11 heteroatoms. The quantitative estimate of drug-likeness (QED) is 0.139. The van der Waals surface area contributed by atoms with Crippen molar-refractivity contribution in [3.8, 4) is 38.4 Å². The maximum atomic E-state index is 13.7. The number of rotatable bonds is 9. The number of hydrogen-bond acceptors (Lipinski definition) is 10. The van der Waals surface area contributed by atoms with Crippen LogP contribution in [-0.2, 0) is 10.8 Å². The number of anilines is 4. The lowest BCUT2D eigenvalue weighted by atomic mass is 9.58. The van der Waals surface area contributed by atoms with Gasteiger partial charge in [-0.2, -0.15) is 0 Å². The van der Waals surface area contributed by atoms with E-state index in [4.69, 9.17) is 24.9 Å². The van der Waals surface area contributed by atoms with Crippen molar-refractivity contribution in [3.05, 3.63) is 76.2 Å². The maximum Gasteiger partial charge on any atom is 0.255 e. The van der Waals surface area contributed by atoms with Gasteiger partial charge in [0.2, 0.25) is 5.75 Å². The van der Waals surface area contributed by atoms with Crippen molar-refractivity contribution in [2.24, 2.45) is 5.92 Å². The molecule has 9 nitrogen and oxygen atoms in total. The zero-order valence-electron chi connectivity index (χ0n) is 29.4. The molecule has 2 aromatic heterocycles. The van der Waals surface area contributed by atoms with Gasteiger partial charge in [-0.25, -0.2) is 9.97 Å². The van der Waals surface area contributed by atoms with Crippen molar-refractivity contribution in [3.63, 3.8) is 0 Å². The fraction of sp³-hybridized carbons (Fsp3) is 0.342. The first-order valence-corrected chi connectivity index (χ1v) is 17.8. The molecule has 0 fully saturated rings. The number of aromatic nitrogens is 2. The molecule has 0 radical (unpaired) electrons. The van der Waals surface area contributed by atoms with Gasteiger partial charge in [0.15, 0.2) is 16.6 Å². The first-order valence-electron chi connectivity index (χ1n) is 16.1. The monoisotopic (exact) mass is 697 g/mol. The van der Waals surface area contributed by atoms with E-state index in [1.54, 1.807) is 33.5 Å². The van der Waals surface area contributed by atoms with E-state index < -0.39 is 0 Å².